The Morgan fingerprint density at radius 1 is 1.16 bits per heavy atom. The summed E-state index contributed by atoms with van der Waals surface area (Å²) in [6.45, 7) is 0.861. The van der Waals surface area contributed by atoms with Crippen molar-refractivity contribution in [2.75, 3.05) is 13.2 Å². The third kappa shape index (κ3) is 5.13. The lowest BCUT2D eigenvalue weighted by Crippen LogP contribution is -2.28. The first-order chi connectivity index (χ1) is 12.3. The number of para-hydroxylation sites is 1. The Labute approximate surface area is 145 Å². The average Bonchev–Trinajstić information content (AvgIpc) is 3.14. The topological polar surface area (TPSA) is 90.1 Å². The highest BCUT2D eigenvalue weighted by Gasteiger charge is 2.10. The zero-order valence-electron chi connectivity index (χ0n) is 13.6. The van der Waals surface area contributed by atoms with E-state index in [9.17, 15) is 4.79 Å². The monoisotopic (exact) mass is 338 g/mol. The molecule has 1 amide bonds. The minimum absolute atomic E-state index is 0.0854. The zero-order chi connectivity index (χ0) is 17.3. The van der Waals surface area contributed by atoms with Crippen LogP contribution in [0, 0.1) is 0 Å². The Kier molecular flexibility index (Phi) is 5.71. The maximum Gasteiger partial charge on any atom is 0.227 e. The molecule has 3 rings (SSSR count). The van der Waals surface area contributed by atoms with Crippen molar-refractivity contribution in [3.8, 4) is 17.1 Å². The highest BCUT2D eigenvalue weighted by atomic mass is 16.5. The number of aryl methyl sites for hydroxylation is 1. The van der Waals surface area contributed by atoms with E-state index in [4.69, 9.17) is 9.26 Å². The minimum atomic E-state index is -0.0854. The van der Waals surface area contributed by atoms with Gasteiger partial charge in [0.2, 0.25) is 17.6 Å². The Morgan fingerprint density at radius 2 is 2.04 bits per heavy atom. The van der Waals surface area contributed by atoms with Crippen molar-refractivity contribution in [3.05, 3.63) is 60.7 Å². The summed E-state index contributed by atoms with van der Waals surface area (Å²) in [6, 6.07) is 13.1. The summed E-state index contributed by atoms with van der Waals surface area (Å²) in [7, 11) is 0. The Balaban J connectivity index is 1.37. The molecule has 2 aromatic heterocycles. The molecule has 1 aromatic carbocycles. The third-order valence-corrected chi connectivity index (χ3v) is 3.39. The number of nitrogens with one attached hydrogen (secondary N) is 1. The maximum absolute atomic E-state index is 11.8. The van der Waals surface area contributed by atoms with Gasteiger partial charge in [-0.05, 0) is 24.3 Å². The van der Waals surface area contributed by atoms with Crippen LogP contribution in [0.4, 0.5) is 0 Å². The molecule has 0 fully saturated rings. The van der Waals surface area contributed by atoms with E-state index in [1.54, 1.807) is 18.5 Å². The number of hydrogen-bond donors (Lipinski definition) is 1. The fourth-order valence-corrected chi connectivity index (χ4v) is 2.15. The summed E-state index contributed by atoms with van der Waals surface area (Å²) in [4.78, 5) is 20.1. The summed E-state index contributed by atoms with van der Waals surface area (Å²) in [6.07, 6.45) is 4.00. The summed E-state index contributed by atoms with van der Waals surface area (Å²) in [5.74, 6) is 1.60. The van der Waals surface area contributed by atoms with Gasteiger partial charge in [-0.1, -0.05) is 23.4 Å². The Morgan fingerprint density at radius 3 is 2.84 bits per heavy atom. The predicted molar refractivity (Wildman–Crippen MR) is 90.8 cm³/mol. The molecule has 0 aliphatic rings. The number of carbonyl (C=O) groups excluding carboxylic acids is 1. The highest BCUT2D eigenvalue weighted by Crippen LogP contribution is 2.14. The van der Waals surface area contributed by atoms with Crippen LogP contribution in [-0.4, -0.2) is 34.2 Å². The fourth-order valence-electron chi connectivity index (χ4n) is 2.15. The van der Waals surface area contributed by atoms with Gasteiger partial charge in [0.25, 0.3) is 0 Å². The minimum Gasteiger partial charge on any atom is -0.492 e. The molecule has 1 N–H and O–H groups in total. The molecule has 0 atom stereocenters. The first-order valence-corrected chi connectivity index (χ1v) is 7.99. The first-order valence-electron chi connectivity index (χ1n) is 7.99. The lowest BCUT2D eigenvalue weighted by atomic mass is 10.2. The molecule has 0 saturated carbocycles. The zero-order valence-corrected chi connectivity index (χ0v) is 13.6. The molecule has 3 aromatic rings. The third-order valence-electron chi connectivity index (χ3n) is 3.39. The quantitative estimate of drug-likeness (QED) is 0.634. The van der Waals surface area contributed by atoms with Gasteiger partial charge in [0, 0.05) is 30.8 Å². The second-order valence-corrected chi connectivity index (χ2v) is 5.26. The van der Waals surface area contributed by atoms with Crippen molar-refractivity contribution >= 4 is 5.91 Å². The number of hydrogen-bond acceptors (Lipinski definition) is 6. The van der Waals surface area contributed by atoms with E-state index in [0.29, 0.717) is 31.3 Å². The van der Waals surface area contributed by atoms with E-state index in [1.807, 2.05) is 36.4 Å². The molecule has 0 aliphatic carbocycles. The number of pyridine rings is 1. The number of benzene rings is 1. The van der Waals surface area contributed by atoms with Gasteiger partial charge in [0.15, 0.2) is 0 Å². The lowest BCUT2D eigenvalue weighted by molar-refractivity contribution is -0.121. The van der Waals surface area contributed by atoms with E-state index in [2.05, 4.69) is 20.4 Å². The van der Waals surface area contributed by atoms with Crippen LogP contribution < -0.4 is 10.1 Å². The van der Waals surface area contributed by atoms with Crippen molar-refractivity contribution in [2.24, 2.45) is 0 Å². The molecule has 2 heterocycles. The first kappa shape index (κ1) is 16.6. The molecule has 25 heavy (non-hydrogen) atoms. The molecule has 0 spiro atoms. The van der Waals surface area contributed by atoms with Gasteiger partial charge in [0.1, 0.15) is 12.4 Å². The number of nitrogens with zero attached hydrogens (tertiary/aromatic N) is 3. The summed E-state index contributed by atoms with van der Waals surface area (Å²) >= 11 is 0. The van der Waals surface area contributed by atoms with Crippen molar-refractivity contribution in [2.45, 2.75) is 12.8 Å². The average molecular weight is 338 g/mol. The van der Waals surface area contributed by atoms with Gasteiger partial charge in [-0.25, -0.2) is 0 Å². The van der Waals surface area contributed by atoms with Crippen LogP contribution in [-0.2, 0) is 11.2 Å². The van der Waals surface area contributed by atoms with E-state index < -0.39 is 0 Å². The molecule has 0 radical (unpaired) electrons. The number of ether oxygens (including phenoxy) is 1. The van der Waals surface area contributed by atoms with Gasteiger partial charge in [0.05, 0.1) is 6.54 Å². The Bertz CT molecular complexity index is 790. The standard InChI is InChI=1S/C18H18N4O3/c23-16(20-11-12-24-15-6-2-1-3-7-15)8-9-17-21-18(22-25-17)14-5-4-10-19-13-14/h1-7,10,13H,8-9,11-12H2,(H,20,23). The summed E-state index contributed by atoms with van der Waals surface area (Å²) < 4.78 is 10.7. The second-order valence-electron chi connectivity index (χ2n) is 5.26. The van der Waals surface area contributed by atoms with E-state index >= 15 is 0 Å². The fraction of sp³-hybridized carbons (Fsp3) is 0.222. The van der Waals surface area contributed by atoms with Crippen molar-refractivity contribution < 1.29 is 14.1 Å². The molecule has 0 unspecified atom stereocenters. The van der Waals surface area contributed by atoms with Gasteiger partial charge in [-0.15, -0.1) is 0 Å². The van der Waals surface area contributed by atoms with E-state index in [-0.39, 0.29) is 12.3 Å². The molecule has 0 saturated heterocycles. The molecular formula is C18H18N4O3. The lowest BCUT2D eigenvalue weighted by Gasteiger charge is -2.07. The van der Waals surface area contributed by atoms with Gasteiger partial charge < -0.3 is 14.6 Å². The van der Waals surface area contributed by atoms with E-state index in [1.165, 1.54) is 0 Å². The number of carbonyl (C=O) groups is 1. The molecule has 7 nitrogen and oxygen atoms in total. The van der Waals surface area contributed by atoms with Crippen LogP contribution >= 0.6 is 0 Å². The Hall–Kier alpha value is -3.22. The van der Waals surface area contributed by atoms with Crippen molar-refractivity contribution in [3.63, 3.8) is 0 Å². The molecule has 0 bridgehead atoms. The number of amides is 1. The van der Waals surface area contributed by atoms with Crippen molar-refractivity contribution in [1.29, 1.82) is 0 Å². The molecule has 7 heteroatoms. The predicted octanol–water partition coefficient (Wildman–Crippen LogP) is 2.26. The van der Waals surface area contributed by atoms with Crippen LogP contribution in [0.15, 0.2) is 59.4 Å². The largest absolute Gasteiger partial charge is 0.492 e. The van der Waals surface area contributed by atoms with Crippen LogP contribution in [0.3, 0.4) is 0 Å². The summed E-state index contributed by atoms with van der Waals surface area (Å²) in [5, 5.41) is 6.69. The van der Waals surface area contributed by atoms with Crippen molar-refractivity contribution in [1.82, 2.24) is 20.4 Å². The van der Waals surface area contributed by atoms with Crippen LogP contribution in [0.2, 0.25) is 0 Å². The second kappa shape index (κ2) is 8.58. The number of rotatable bonds is 8. The van der Waals surface area contributed by atoms with Crippen LogP contribution in [0.25, 0.3) is 11.4 Å². The molecule has 128 valence electrons. The van der Waals surface area contributed by atoms with Crippen LogP contribution in [0.5, 0.6) is 5.75 Å². The molecule has 0 aliphatic heterocycles. The highest BCUT2D eigenvalue weighted by molar-refractivity contribution is 5.76. The van der Waals surface area contributed by atoms with E-state index in [0.717, 1.165) is 11.3 Å². The van der Waals surface area contributed by atoms with Gasteiger partial charge in [-0.2, -0.15) is 4.98 Å². The van der Waals surface area contributed by atoms with Gasteiger partial charge >= 0.3 is 0 Å². The maximum atomic E-state index is 11.8. The summed E-state index contributed by atoms with van der Waals surface area (Å²) in [5.41, 5.74) is 0.778. The van der Waals surface area contributed by atoms with Crippen LogP contribution in [0.1, 0.15) is 12.3 Å². The normalized spacial score (nSPS) is 10.4. The van der Waals surface area contributed by atoms with Gasteiger partial charge in [-0.3, -0.25) is 9.78 Å². The molecular weight excluding hydrogens is 320 g/mol. The smallest absolute Gasteiger partial charge is 0.227 e. The number of aromatic nitrogens is 3. The SMILES string of the molecule is O=C(CCc1nc(-c2cccnc2)no1)NCCOc1ccccc1.